The van der Waals surface area contributed by atoms with Crippen molar-refractivity contribution in [3.8, 4) is 11.6 Å². The number of rotatable bonds is 8. The molecule has 3 N–H and O–H groups in total. The zero-order valence-corrected chi connectivity index (χ0v) is 18.5. The lowest BCUT2D eigenvalue weighted by molar-refractivity contribution is -0.261. The highest BCUT2D eigenvalue weighted by atomic mass is 19.4. The van der Waals surface area contributed by atoms with Crippen molar-refractivity contribution >= 4 is 23.2 Å². The van der Waals surface area contributed by atoms with Crippen LogP contribution in [0.1, 0.15) is 6.42 Å². The van der Waals surface area contributed by atoms with Gasteiger partial charge in [0, 0.05) is 31.5 Å². The molecule has 1 aromatic heterocycles. The largest absolute Gasteiger partial charge is 0.491 e. The Hall–Kier alpha value is -3.68. The van der Waals surface area contributed by atoms with E-state index in [2.05, 4.69) is 10.3 Å². The quantitative estimate of drug-likeness (QED) is 0.531. The number of methoxy groups -OCH3 is 2. The molecule has 35 heavy (non-hydrogen) atoms. The number of aromatic nitrogens is 1. The number of amides is 2. The van der Waals surface area contributed by atoms with Crippen LogP contribution in [0.5, 0.6) is 11.6 Å². The lowest BCUT2D eigenvalue weighted by atomic mass is 9.99. The molecule has 0 aliphatic carbocycles. The highest BCUT2D eigenvalue weighted by Crippen LogP contribution is 2.47. The molecule has 2 amide bonds. The van der Waals surface area contributed by atoms with E-state index in [1.54, 1.807) is 0 Å². The summed E-state index contributed by atoms with van der Waals surface area (Å²) in [6, 6.07) is 2.76. The first-order valence-corrected chi connectivity index (χ1v) is 10.0. The number of alkyl halides is 3. The molecule has 2 aromatic rings. The summed E-state index contributed by atoms with van der Waals surface area (Å²) in [6.45, 7) is -1.38. The van der Waals surface area contributed by atoms with Gasteiger partial charge in [-0.25, -0.2) is 9.37 Å². The van der Waals surface area contributed by atoms with E-state index in [-0.39, 0.29) is 17.3 Å². The van der Waals surface area contributed by atoms with Crippen molar-refractivity contribution in [2.45, 2.75) is 24.2 Å². The number of pyridine rings is 1. The van der Waals surface area contributed by atoms with Gasteiger partial charge in [-0.15, -0.1) is 0 Å². The summed E-state index contributed by atoms with van der Waals surface area (Å²) in [7, 11) is 1.87. The fourth-order valence-corrected chi connectivity index (χ4v) is 3.71. The first-order valence-electron chi connectivity index (χ1n) is 10.0. The molecule has 0 radical (unpaired) electrons. The maximum Gasteiger partial charge on any atom is 0.419 e. The molecular weight excluding hydrogens is 483 g/mol. The van der Waals surface area contributed by atoms with E-state index in [1.807, 2.05) is 0 Å². The van der Waals surface area contributed by atoms with Gasteiger partial charge in [0.15, 0.2) is 23.8 Å². The molecule has 1 aliphatic heterocycles. The Morgan fingerprint density at radius 3 is 2.57 bits per heavy atom. The number of anilines is 2. The lowest BCUT2D eigenvalue weighted by Crippen LogP contribution is -2.49. The second-order valence-corrected chi connectivity index (χ2v) is 7.58. The number of hydrogen-bond donors (Lipinski definition) is 2. The smallest absolute Gasteiger partial charge is 0.419 e. The van der Waals surface area contributed by atoms with Crippen LogP contribution in [0.2, 0.25) is 0 Å². The summed E-state index contributed by atoms with van der Waals surface area (Å²) in [4.78, 5) is 28.8. The Labute approximate surface area is 195 Å². The van der Waals surface area contributed by atoms with Crippen molar-refractivity contribution < 1.29 is 45.8 Å². The van der Waals surface area contributed by atoms with Crippen molar-refractivity contribution in [3.05, 3.63) is 42.1 Å². The molecular formula is C21H21F5N4O5. The molecule has 1 aliphatic rings. The molecule has 0 bridgehead atoms. The van der Waals surface area contributed by atoms with Crippen LogP contribution < -0.4 is 25.4 Å². The first-order chi connectivity index (χ1) is 16.4. The molecule has 14 heteroatoms. The normalized spacial score (nSPS) is 20.0. The topological polar surface area (TPSA) is 116 Å². The number of hydrogen-bond acceptors (Lipinski definition) is 7. The van der Waals surface area contributed by atoms with Crippen LogP contribution in [-0.2, 0) is 14.3 Å². The second kappa shape index (κ2) is 9.90. The number of carbonyl (C=O) groups excluding carboxylic acids is 2. The van der Waals surface area contributed by atoms with Crippen LogP contribution in [0.4, 0.5) is 33.3 Å². The average molecular weight is 504 g/mol. The lowest BCUT2D eigenvalue weighted by Gasteiger charge is -2.31. The molecule has 190 valence electrons. The molecule has 1 saturated heterocycles. The molecule has 1 fully saturated rings. The molecule has 2 heterocycles. The van der Waals surface area contributed by atoms with E-state index in [0.29, 0.717) is 6.07 Å². The van der Waals surface area contributed by atoms with Gasteiger partial charge >= 0.3 is 6.18 Å². The summed E-state index contributed by atoms with van der Waals surface area (Å²) < 4.78 is 84.8. The van der Waals surface area contributed by atoms with Gasteiger partial charge in [-0.1, -0.05) is 0 Å². The average Bonchev–Trinajstić information content (AvgIpc) is 3.21. The Morgan fingerprint density at radius 2 is 1.97 bits per heavy atom. The number of nitrogens with one attached hydrogen (secondary N) is 1. The minimum Gasteiger partial charge on any atom is -0.491 e. The minimum atomic E-state index is -4.90. The van der Waals surface area contributed by atoms with Crippen LogP contribution >= 0.6 is 0 Å². The SMILES string of the molecule is COc1c(N2C[C@@](OC)(C(F)(F)F)C[C@H]2C(=O)Nc2ccnc(OCC(N)=O)c2)ccc(F)c1F. The van der Waals surface area contributed by atoms with Gasteiger partial charge in [0.25, 0.3) is 5.91 Å². The predicted molar refractivity (Wildman–Crippen MR) is 112 cm³/mol. The van der Waals surface area contributed by atoms with E-state index >= 15 is 0 Å². The van der Waals surface area contributed by atoms with Crippen LogP contribution in [0.3, 0.4) is 0 Å². The maximum absolute atomic E-state index is 14.3. The first kappa shape index (κ1) is 25.9. The van der Waals surface area contributed by atoms with Gasteiger partial charge in [-0.2, -0.15) is 17.6 Å². The highest BCUT2D eigenvalue weighted by Gasteiger charge is 2.63. The third kappa shape index (κ3) is 5.21. The van der Waals surface area contributed by atoms with Crippen molar-refractivity contribution in [2.24, 2.45) is 5.73 Å². The third-order valence-corrected chi connectivity index (χ3v) is 5.44. The number of halogens is 5. The van der Waals surface area contributed by atoms with E-state index in [1.165, 1.54) is 18.3 Å². The van der Waals surface area contributed by atoms with Gasteiger partial charge < -0.3 is 30.2 Å². The second-order valence-electron chi connectivity index (χ2n) is 7.58. The highest BCUT2D eigenvalue weighted by molar-refractivity contribution is 5.98. The Bertz CT molecular complexity index is 1120. The molecule has 3 rings (SSSR count). The van der Waals surface area contributed by atoms with Gasteiger partial charge in [0.1, 0.15) is 6.04 Å². The molecule has 1 aromatic carbocycles. The number of ether oxygens (including phenoxy) is 3. The van der Waals surface area contributed by atoms with Crippen LogP contribution in [0.15, 0.2) is 30.5 Å². The molecule has 9 nitrogen and oxygen atoms in total. The van der Waals surface area contributed by atoms with Gasteiger partial charge in [0.05, 0.1) is 19.3 Å². The van der Waals surface area contributed by atoms with Gasteiger partial charge in [-0.3, -0.25) is 9.59 Å². The van der Waals surface area contributed by atoms with Crippen molar-refractivity contribution in [1.29, 1.82) is 0 Å². The number of benzene rings is 1. The molecule has 0 saturated carbocycles. The number of nitrogens with zero attached hydrogens (tertiary/aromatic N) is 2. The van der Waals surface area contributed by atoms with Crippen molar-refractivity contribution in [2.75, 3.05) is 37.6 Å². The minimum absolute atomic E-state index is 0.0753. The maximum atomic E-state index is 14.3. The zero-order valence-electron chi connectivity index (χ0n) is 18.5. The number of nitrogens with two attached hydrogens (primary N) is 1. The summed E-state index contributed by atoms with van der Waals surface area (Å²) in [5.74, 6) is -5.12. The van der Waals surface area contributed by atoms with Crippen molar-refractivity contribution in [1.82, 2.24) is 4.98 Å². The Morgan fingerprint density at radius 1 is 1.26 bits per heavy atom. The van der Waals surface area contributed by atoms with Crippen LogP contribution in [0.25, 0.3) is 0 Å². The van der Waals surface area contributed by atoms with Crippen LogP contribution in [0, 0.1) is 11.6 Å². The fourth-order valence-electron chi connectivity index (χ4n) is 3.71. The van der Waals surface area contributed by atoms with Gasteiger partial charge in [0.2, 0.25) is 17.6 Å². The Kier molecular flexibility index (Phi) is 7.33. The summed E-state index contributed by atoms with van der Waals surface area (Å²) >= 11 is 0. The third-order valence-electron chi connectivity index (χ3n) is 5.44. The summed E-state index contributed by atoms with van der Waals surface area (Å²) in [5, 5.41) is 2.44. The number of carbonyl (C=O) groups is 2. The Balaban J connectivity index is 1.98. The molecule has 0 spiro atoms. The summed E-state index contributed by atoms with van der Waals surface area (Å²) in [5.41, 5.74) is 2.04. The fraction of sp³-hybridized carbons (Fsp3) is 0.381. The summed E-state index contributed by atoms with van der Waals surface area (Å²) in [6.07, 6.45) is -4.52. The molecule has 2 atom stereocenters. The molecule has 0 unspecified atom stereocenters. The standard InChI is InChI=1S/C21H21F5N4O5/c1-33-18-13(4-3-12(22)17(18)23)30-10-20(34-2,21(24,25)26)8-14(30)19(32)29-11-5-6-28-16(7-11)35-9-15(27)31/h3-7,14H,8-10H2,1-2H3,(H2,27,31)(H,28,29,32)/t14-,20+/m0/s1. The van der Waals surface area contributed by atoms with E-state index in [0.717, 1.165) is 25.2 Å². The van der Waals surface area contributed by atoms with Crippen molar-refractivity contribution in [3.63, 3.8) is 0 Å². The monoisotopic (exact) mass is 504 g/mol. The van der Waals surface area contributed by atoms with Gasteiger partial charge in [-0.05, 0) is 18.2 Å². The van der Waals surface area contributed by atoms with Crippen LogP contribution in [-0.4, -0.2) is 62.0 Å². The van der Waals surface area contributed by atoms with E-state index in [4.69, 9.17) is 19.9 Å². The predicted octanol–water partition coefficient (Wildman–Crippen LogP) is 2.40. The van der Waals surface area contributed by atoms with E-state index < -0.39 is 66.6 Å². The van der Waals surface area contributed by atoms with E-state index in [9.17, 15) is 31.5 Å². The number of primary amides is 1. The zero-order chi connectivity index (χ0) is 26.0.